The van der Waals surface area contributed by atoms with Crippen molar-refractivity contribution in [2.45, 2.75) is 38.4 Å². The summed E-state index contributed by atoms with van der Waals surface area (Å²) in [6, 6.07) is 11.0. The van der Waals surface area contributed by atoms with E-state index in [-0.39, 0.29) is 34.4 Å². The summed E-state index contributed by atoms with van der Waals surface area (Å²) in [6.45, 7) is -2.66. The Morgan fingerprint density at radius 1 is 1.08 bits per heavy atom. The zero-order valence-electron chi connectivity index (χ0n) is 19.5. The smallest absolute Gasteiger partial charge is 0.387 e. The summed E-state index contributed by atoms with van der Waals surface area (Å²) in [5.74, 6) is -0.192. The molecule has 3 aromatic rings. The molecule has 1 unspecified atom stereocenters. The van der Waals surface area contributed by atoms with Crippen LogP contribution in [0.3, 0.4) is 0 Å². The molecule has 1 saturated carbocycles. The molecule has 1 aliphatic rings. The first kappa shape index (κ1) is 26.8. The number of halogens is 4. The van der Waals surface area contributed by atoms with Crippen LogP contribution in [0.4, 0.5) is 8.78 Å². The molecule has 1 atom stereocenters. The van der Waals surface area contributed by atoms with Crippen molar-refractivity contribution < 1.29 is 32.6 Å². The largest absolute Gasteiger partial charge is 0.489 e. The number of esters is 1. The van der Waals surface area contributed by atoms with Gasteiger partial charge in [0, 0.05) is 24.4 Å². The summed E-state index contributed by atoms with van der Waals surface area (Å²) < 4.78 is 42.2. The summed E-state index contributed by atoms with van der Waals surface area (Å²) in [7, 11) is 0. The molecule has 1 fully saturated rings. The van der Waals surface area contributed by atoms with E-state index in [0.29, 0.717) is 41.1 Å². The van der Waals surface area contributed by atoms with Crippen LogP contribution in [0, 0.1) is 5.92 Å². The van der Waals surface area contributed by atoms with Gasteiger partial charge in [-0.15, -0.1) is 0 Å². The molecular formula is C27H23Cl2F2NO5. The van der Waals surface area contributed by atoms with Crippen molar-refractivity contribution in [3.05, 3.63) is 87.2 Å². The molecular weight excluding hydrogens is 527 g/mol. The van der Waals surface area contributed by atoms with Gasteiger partial charge >= 0.3 is 12.6 Å². The molecule has 0 amide bonds. The van der Waals surface area contributed by atoms with E-state index in [9.17, 15) is 18.4 Å². The summed E-state index contributed by atoms with van der Waals surface area (Å²) in [5.41, 5.74) is 2.02. The monoisotopic (exact) mass is 549 g/mol. The topological polar surface area (TPSA) is 74.7 Å². The summed E-state index contributed by atoms with van der Waals surface area (Å²) in [6.07, 6.45) is 4.68. The van der Waals surface area contributed by atoms with Gasteiger partial charge in [-0.3, -0.25) is 14.6 Å². The molecule has 37 heavy (non-hydrogen) atoms. The highest BCUT2D eigenvalue weighted by molar-refractivity contribution is 6.35. The Morgan fingerprint density at radius 3 is 2.51 bits per heavy atom. The normalized spacial score (nSPS) is 13.8. The highest BCUT2D eigenvalue weighted by atomic mass is 35.5. The first-order chi connectivity index (χ1) is 17.8. The lowest BCUT2D eigenvalue weighted by atomic mass is 10.0. The van der Waals surface area contributed by atoms with Crippen LogP contribution in [0.2, 0.25) is 10.0 Å². The number of hydrogen-bond acceptors (Lipinski definition) is 6. The average molecular weight is 550 g/mol. The molecule has 6 nitrogen and oxygen atoms in total. The van der Waals surface area contributed by atoms with Gasteiger partial charge in [0.25, 0.3) is 0 Å². The Kier molecular flexibility index (Phi) is 8.95. The van der Waals surface area contributed by atoms with Crippen LogP contribution in [0.25, 0.3) is 0 Å². The van der Waals surface area contributed by atoms with Crippen molar-refractivity contribution in [2.24, 2.45) is 5.92 Å². The van der Waals surface area contributed by atoms with Gasteiger partial charge in [0.05, 0.1) is 23.1 Å². The Hall–Kier alpha value is -3.23. The summed E-state index contributed by atoms with van der Waals surface area (Å²) in [5, 5.41) is 0.574. The van der Waals surface area contributed by atoms with Gasteiger partial charge in [0.1, 0.15) is 12.4 Å². The predicted octanol–water partition coefficient (Wildman–Crippen LogP) is 6.66. The maximum atomic E-state index is 13.0. The number of hydrogen-bond donors (Lipinski definition) is 0. The summed E-state index contributed by atoms with van der Waals surface area (Å²) in [4.78, 5) is 28.0. The molecule has 1 heterocycles. The van der Waals surface area contributed by atoms with Crippen LogP contribution in [0.1, 0.15) is 46.0 Å². The lowest BCUT2D eigenvalue weighted by Crippen LogP contribution is -2.17. The van der Waals surface area contributed by atoms with E-state index in [1.54, 1.807) is 24.3 Å². The minimum Gasteiger partial charge on any atom is -0.489 e. The minimum atomic E-state index is -3.03. The number of benzene rings is 2. The number of carbonyl (C=O) groups excluding carboxylic acids is 2. The number of nitrogens with zero attached hydrogens (tertiary/aromatic N) is 1. The lowest BCUT2D eigenvalue weighted by Gasteiger charge is -2.21. The van der Waals surface area contributed by atoms with Gasteiger partial charge in [-0.2, -0.15) is 8.78 Å². The standard InChI is InChI=1S/C27H23Cl2F2NO5/c28-21-12-32-13-22(29)20(21)11-24(36-26(34)9-17-2-1-3-18(8-17)14-33)19-6-7-23(37-27(30)31)25(10-19)35-15-16-4-5-16/h1-3,6-8,10,12-14,16,24,27H,4-5,9,11,15H2. The molecule has 1 aliphatic carbocycles. The zero-order valence-corrected chi connectivity index (χ0v) is 21.1. The third-order valence-electron chi connectivity index (χ3n) is 5.78. The second-order valence-corrected chi connectivity index (χ2v) is 9.46. The molecule has 2 aromatic carbocycles. The fourth-order valence-corrected chi connectivity index (χ4v) is 4.23. The third kappa shape index (κ3) is 7.63. The van der Waals surface area contributed by atoms with Crippen molar-refractivity contribution in [3.63, 3.8) is 0 Å². The summed E-state index contributed by atoms with van der Waals surface area (Å²) >= 11 is 12.6. The molecule has 4 rings (SSSR count). The van der Waals surface area contributed by atoms with Gasteiger partial charge in [-0.05, 0) is 53.6 Å². The number of aldehydes is 1. The number of rotatable bonds is 12. The number of pyridine rings is 1. The van der Waals surface area contributed by atoms with Crippen molar-refractivity contribution in [3.8, 4) is 11.5 Å². The number of alkyl halides is 2. The third-order valence-corrected chi connectivity index (χ3v) is 6.43. The van der Waals surface area contributed by atoms with E-state index in [1.165, 1.54) is 30.6 Å². The number of aromatic nitrogens is 1. The second kappa shape index (κ2) is 12.3. The molecule has 0 aliphatic heterocycles. The Balaban J connectivity index is 1.63. The maximum Gasteiger partial charge on any atom is 0.387 e. The van der Waals surface area contributed by atoms with Crippen LogP contribution in [-0.2, 0) is 22.4 Å². The molecule has 0 spiro atoms. The van der Waals surface area contributed by atoms with Crippen LogP contribution < -0.4 is 9.47 Å². The van der Waals surface area contributed by atoms with Crippen LogP contribution in [-0.4, -0.2) is 30.5 Å². The quantitative estimate of drug-likeness (QED) is 0.186. The Morgan fingerprint density at radius 2 is 1.84 bits per heavy atom. The molecule has 0 N–H and O–H groups in total. The van der Waals surface area contributed by atoms with Crippen LogP contribution >= 0.6 is 23.2 Å². The van der Waals surface area contributed by atoms with Crippen molar-refractivity contribution >= 4 is 35.5 Å². The zero-order chi connectivity index (χ0) is 26.4. The van der Waals surface area contributed by atoms with E-state index in [4.69, 9.17) is 32.7 Å². The molecule has 1 aromatic heterocycles. The first-order valence-corrected chi connectivity index (χ1v) is 12.3. The maximum absolute atomic E-state index is 13.0. The van der Waals surface area contributed by atoms with E-state index in [0.717, 1.165) is 12.8 Å². The first-order valence-electron chi connectivity index (χ1n) is 11.6. The highest BCUT2D eigenvalue weighted by Crippen LogP contribution is 2.38. The van der Waals surface area contributed by atoms with E-state index >= 15 is 0 Å². The van der Waals surface area contributed by atoms with E-state index in [1.807, 2.05) is 0 Å². The van der Waals surface area contributed by atoms with Gasteiger partial charge < -0.3 is 14.2 Å². The molecule has 10 heteroatoms. The molecule has 0 saturated heterocycles. The lowest BCUT2D eigenvalue weighted by molar-refractivity contribution is -0.148. The van der Waals surface area contributed by atoms with Gasteiger partial charge in [-0.25, -0.2) is 0 Å². The average Bonchev–Trinajstić information content (AvgIpc) is 3.69. The van der Waals surface area contributed by atoms with Crippen LogP contribution in [0.15, 0.2) is 54.9 Å². The fraction of sp³-hybridized carbons (Fsp3) is 0.296. The number of carbonyl (C=O) groups is 2. The fourth-order valence-electron chi connectivity index (χ4n) is 3.71. The Bertz CT molecular complexity index is 1250. The predicted molar refractivity (Wildman–Crippen MR) is 134 cm³/mol. The highest BCUT2D eigenvalue weighted by Gasteiger charge is 2.26. The van der Waals surface area contributed by atoms with Gasteiger partial charge in [0.15, 0.2) is 11.5 Å². The SMILES string of the molecule is O=Cc1cccc(CC(=O)OC(Cc2c(Cl)cncc2Cl)c2ccc(OC(F)F)c(OCC3CC3)c2)c1. The van der Waals surface area contributed by atoms with Gasteiger partial charge in [-0.1, -0.05) is 47.5 Å². The number of ether oxygens (including phenoxy) is 3. The second-order valence-electron chi connectivity index (χ2n) is 8.64. The minimum absolute atomic E-state index is 0.0897. The van der Waals surface area contributed by atoms with Crippen molar-refractivity contribution in [1.29, 1.82) is 0 Å². The molecule has 194 valence electrons. The molecule has 0 bridgehead atoms. The van der Waals surface area contributed by atoms with E-state index in [2.05, 4.69) is 9.72 Å². The van der Waals surface area contributed by atoms with Gasteiger partial charge in [0.2, 0.25) is 0 Å². The van der Waals surface area contributed by atoms with Crippen LogP contribution in [0.5, 0.6) is 11.5 Å². The van der Waals surface area contributed by atoms with Crippen molar-refractivity contribution in [1.82, 2.24) is 4.98 Å². The van der Waals surface area contributed by atoms with E-state index < -0.39 is 18.7 Å². The molecule has 0 radical (unpaired) electrons. The Labute approximate surface area is 222 Å². The van der Waals surface area contributed by atoms with Crippen molar-refractivity contribution in [2.75, 3.05) is 6.61 Å².